The van der Waals surface area contributed by atoms with Crippen molar-refractivity contribution in [3.8, 4) is 5.75 Å². The summed E-state index contributed by atoms with van der Waals surface area (Å²) in [6.45, 7) is 2.08. The van der Waals surface area contributed by atoms with Gasteiger partial charge in [-0.15, -0.1) is 0 Å². The molecule has 1 heterocycles. The molecule has 0 saturated carbocycles. The molecule has 0 radical (unpaired) electrons. The van der Waals surface area contributed by atoms with Crippen molar-refractivity contribution in [1.82, 2.24) is 15.1 Å². The molecule has 1 aromatic rings. The second kappa shape index (κ2) is 9.79. The quantitative estimate of drug-likeness (QED) is 0.635. The number of ether oxygens (including phenoxy) is 2. The topological polar surface area (TPSA) is 66.4 Å². The molecule has 0 bridgehead atoms. The molecule has 144 valence electrons. The van der Waals surface area contributed by atoms with Crippen LogP contribution in [0.5, 0.6) is 5.75 Å². The zero-order valence-corrected chi connectivity index (χ0v) is 15.0. The van der Waals surface area contributed by atoms with Crippen molar-refractivity contribution in [2.45, 2.75) is 20.1 Å². The van der Waals surface area contributed by atoms with Crippen LogP contribution in [0, 0.1) is 0 Å². The van der Waals surface area contributed by atoms with E-state index in [9.17, 15) is 13.6 Å². The van der Waals surface area contributed by atoms with Gasteiger partial charge in [-0.3, -0.25) is 4.99 Å². The third-order valence-electron chi connectivity index (χ3n) is 3.89. The van der Waals surface area contributed by atoms with Crippen LogP contribution in [0.25, 0.3) is 0 Å². The van der Waals surface area contributed by atoms with E-state index in [1.54, 1.807) is 31.0 Å². The van der Waals surface area contributed by atoms with Crippen molar-refractivity contribution < 1.29 is 23.0 Å². The summed E-state index contributed by atoms with van der Waals surface area (Å²) in [5, 5.41) is 3.20. The van der Waals surface area contributed by atoms with Crippen molar-refractivity contribution in [3.05, 3.63) is 29.8 Å². The number of rotatable bonds is 5. The minimum absolute atomic E-state index is 0.123. The van der Waals surface area contributed by atoms with Gasteiger partial charge in [0.25, 0.3) is 0 Å². The lowest BCUT2D eigenvalue weighted by Crippen LogP contribution is -2.53. The molecule has 1 fully saturated rings. The van der Waals surface area contributed by atoms with E-state index in [4.69, 9.17) is 4.74 Å². The molecular formula is C17H24F2N4O3. The monoisotopic (exact) mass is 370 g/mol. The normalized spacial score (nSPS) is 15.2. The van der Waals surface area contributed by atoms with Gasteiger partial charge in [0, 0.05) is 39.8 Å². The fourth-order valence-corrected chi connectivity index (χ4v) is 2.66. The van der Waals surface area contributed by atoms with Crippen LogP contribution in [0.15, 0.2) is 29.3 Å². The third kappa shape index (κ3) is 5.75. The number of nitrogens with one attached hydrogen (secondary N) is 1. The van der Waals surface area contributed by atoms with Gasteiger partial charge < -0.3 is 24.6 Å². The number of carbonyl (C=O) groups excluding carboxylic acids is 1. The Balaban J connectivity index is 1.86. The maximum Gasteiger partial charge on any atom is 0.409 e. The molecule has 0 spiro atoms. The Labute approximate surface area is 151 Å². The van der Waals surface area contributed by atoms with Gasteiger partial charge in [0.05, 0.1) is 6.61 Å². The molecular weight excluding hydrogens is 346 g/mol. The molecule has 0 aromatic heterocycles. The summed E-state index contributed by atoms with van der Waals surface area (Å²) in [5.74, 6) is 0.811. The van der Waals surface area contributed by atoms with Crippen molar-refractivity contribution in [2.75, 3.05) is 39.8 Å². The van der Waals surface area contributed by atoms with E-state index in [-0.39, 0.29) is 11.8 Å². The number of alkyl halides is 2. The first-order chi connectivity index (χ1) is 12.5. The lowest BCUT2D eigenvalue weighted by atomic mass is 10.2. The Bertz CT molecular complexity index is 620. The molecule has 1 aromatic carbocycles. The molecule has 9 heteroatoms. The average molecular weight is 370 g/mol. The van der Waals surface area contributed by atoms with Gasteiger partial charge >= 0.3 is 12.7 Å². The summed E-state index contributed by atoms with van der Waals surface area (Å²) in [5.41, 5.74) is 0.800. The number of guanidine groups is 1. The Morgan fingerprint density at radius 1 is 1.27 bits per heavy atom. The van der Waals surface area contributed by atoms with E-state index in [0.29, 0.717) is 45.3 Å². The van der Waals surface area contributed by atoms with E-state index < -0.39 is 6.61 Å². The highest BCUT2D eigenvalue weighted by Gasteiger charge is 2.23. The van der Waals surface area contributed by atoms with Gasteiger partial charge in [0.1, 0.15) is 5.75 Å². The van der Waals surface area contributed by atoms with E-state index in [0.717, 1.165) is 5.56 Å². The van der Waals surface area contributed by atoms with Crippen molar-refractivity contribution >= 4 is 12.1 Å². The van der Waals surface area contributed by atoms with Crippen LogP contribution in [0.4, 0.5) is 13.6 Å². The number of halogens is 2. The average Bonchev–Trinajstić information content (AvgIpc) is 2.63. The molecule has 2 rings (SSSR count). The molecule has 0 unspecified atom stereocenters. The Hall–Kier alpha value is -2.58. The van der Waals surface area contributed by atoms with E-state index in [1.165, 1.54) is 6.07 Å². The predicted octanol–water partition coefficient (Wildman–Crippen LogP) is 2.14. The molecule has 7 nitrogen and oxygen atoms in total. The lowest BCUT2D eigenvalue weighted by molar-refractivity contribution is -0.0498. The first kappa shape index (κ1) is 19.7. The zero-order chi connectivity index (χ0) is 18.9. The fraction of sp³-hybridized carbons (Fsp3) is 0.529. The van der Waals surface area contributed by atoms with Crippen molar-refractivity contribution in [3.63, 3.8) is 0 Å². The summed E-state index contributed by atoms with van der Waals surface area (Å²) in [4.78, 5) is 19.7. The molecule has 1 aliphatic rings. The largest absolute Gasteiger partial charge is 0.450 e. The molecule has 0 atom stereocenters. The van der Waals surface area contributed by atoms with Crippen LogP contribution in [0.1, 0.15) is 12.5 Å². The second-order valence-electron chi connectivity index (χ2n) is 5.60. The van der Waals surface area contributed by atoms with Gasteiger partial charge in [0.15, 0.2) is 5.96 Å². The summed E-state index contributed by atoms with van der Waals surface area (Å²) in [7, 11) is 1.68. The van der Waals surface area contributed by atoms with E-state index >= 15 is 0 Å². The summed E-state index contributed by atoms with van der Waals surface area (Å²) in [6.07, 6.45) is -0.300. The van der Waals surface area contributed by atoms with Gasteiger partial charge in [-0.2, -0.15) is 8.78 Å². The highest BCUT2D eigenvalue weighted by atomic mass is 19.3. The SMILES string of the molecule is CCOC(=O)N1CCN(C(=NC)NCc2cccc(OC(F)F)c2)CC1. The summed E-state index contributed by atoms with van der Waals surface area (Å²) < 4.78 is 34.0. The van der Waals surface area contributed by atoms with E-state index in [1.807, 2.05) is 11.0 Å². The van der Waals surface area contributed by atoms with E-state index in [2.05, 4.69) is 15.0 Å². The molecule has 1 N–H and O–H groups in total. The number of nitrogens with zero attached hydrogens (tertiary/aromatic N) is 3. The fourth-order valence-electron chi connectivity index (χ4n) is 2.66. The van der Waals surface area contributed by atoms with Crippen LogP contribution < -0.4 is 10.1 Å². The number of hydrogen-bond donors (Lipinski definition) is 1. The number of piperazine rings is 1. The number of aliphatic imine (C=N–C) groups is 1. The number of benzene rings is 1. The number of hydrogen-bond acceptors (Lipinski definition) is 4. The maximum absolute atomic E-state index is 12.3. The van der Waals surface area contributed by atoms with Crippen LogP contribution in [0.2, 0.25) is 0 Å². The highest BCUT2D eigenvalue weighted by molar-refractivity contribution is 5.80. The van der Waals surface area contributed by atoms with Gasteiger partial charge in [0.2, 0.25) is 0 Å². The summed E-state index contributed by atoms with van der Waals surface area (Å²) in [6, 6.07) is 6.52. The van der Waals surface area contributed by atoms with Crippen molar-refractivity contribution in [1.29, 1.82) is 0 Å². The second-order valence-corrected chi connectivity index (χ2v) is 5.60. The molecule has 1 amide bonds. The highest BCUT2D eigenvalue weighted by Crippen LogP contribution is 2.16. The van der Waals surface area contributed by atoms with Gasteiger partial charge in [-0.1, -0.05) is 12.1 Å². The molecule has 26 heavy (non-hydrogen) atoms. The predicted molar refractivity (Wildman–Crippen MR) is 93.4 cm³/mol. The van der Waals surface area contributed by atoms with Gasteiger partial charge in [-0.25, -0.2) is 4.79 Å². The summed E-state index contributed by atoms with van der Waals surface area (Å²) >= 11 is 0. The van der Waals surface area contributed by atoms with Gasteiger partial charge in [-0.05, 0) is 24.6 Å². The Morgan fingerprint density at radius 3 is 2.58 bits per heavy atom. The molecule has 1 aliphatic heterocycles. The van der Waals surface area contributed by atoms with Crippen LogP contribution in [-0.4, -0.2) is 68.3 Å². The minimum atomic E-state index is -2.85. The van der Waals surface area contributed by atoms with Crippen molar-refractivity contribution in [2.24, 2.45) is 4.99 Å². The Morgan fingerprint density at radius 2 is 1.96 bits per heavy atom. The number of amides is 1. The standard InChI is InChI=1S/C17H24F2N4O3/c1-3-25-17(24)23-9-7-22(8-10-23)16(20-2)21-12-13-5-4-6-14(11-13)26-15(18)19/h4-6,11,15H,3,7-10,12H2,1-2H3,(H,20,21). The minimum Gasteiger partial charge on any atom is -0.450 e. The lowest BCUT2D eigenvalue weighted by Gasteiger charge is -2.35. The first-order valence-electron chi connectivity index (χ1n) is 8.44. The smallest absolute Gasteiger partial charge is 0.409 e. The third-order valence-corrected chi connectivity index (χ3v) is 3.89. The molecule has 1 saturated heterocycles. The Kier molecular flexibility index (Phi) is 7.43. The molecule has 0 aliphatic carbocycles. The van der Waals surface area contributed by atoms with Crippen LogP contribution >= 0.6 is 0 Å². The van der Waals surface area contributed by atoms with Crippen LogP contribution in [0.3, 0.4) is 0 Å². The first-order valence-corrected chi connectivity index (χ1v) is 8.44. The zero-order valence-electron chi connectivity index (χ0n) is 15.0. The van der Waals surface area contributed by atoms with Crippen LogP contribution in [-0.2, 0) is 11.3 Å². The number of carbonyl (C=O) groups is 1. The maximum atomic E-state index is 12.3.